The van der Waals surface area contributed by atoms with Gasteiger partial charge in [-0.1, -0.05) is 6.07 Å². The molecule has 3 heterocycles. The van der Waals surface area contributed by atoms with E-state index in [1.54, 1.807) is 12.4 Å². The Morgan fingerprint density at radius 3 is 2.80 bits per heavy atom. The lowest BCUT2D eigenvalue weighted by Gasteiger charge is -2.04. The summed E-state index contributed by atoms with van der Waals surface area (Å²) in [6.45, 7) is 0.238. The third kappa shape index (κ3) is 1.41. The molecule has 1 aromatic carbocycles. The number of benzene rings is 1. The number of nitrogen functional groups attached to an aromatic ring is 2. The minimum atomic E-state index is 0.204. The lowest BCUT2D eigenvalue weighted by molar-refractivity contribution is 0.174. The highest BCUT2D eigenvalue weighted by molar-refractivity contribution is 6.05. The van der Waals surface area contributed by atoms with E-state index in [1.807, 2.05) is 18.2 Å². The summed E-state index contributed by atoms with van der Waals surface area (Å²) in [5.41, 5.74) is 14.5. The molecular formula is C14H11N3O3. The molecule has 100 valence electrons. The molecule has 0 spiro atoms. The van der Waals surface area contributed by atoms with Crippen molar-refractivity contribution in [3.8, 4) is 22.6 Å². The van der Waals surface area contributed by atoms with Crippen LogP contribution < -0.4 is 20.9 Å². The van der Waals surface area contributed by atoms with Crippen molar-refractivity contribution in [1.82, 2.24) is 4.98 Å². The summed E-state index contributed by atoms with van der Waals surface area (Å²) in [4.78, 5) is 4.16. The number of nitrogens with two attached hydrogens (primary N) is 2. The fourth-order valence-corrected chi connectivity index (χ4v) is 2.38. The van der Waals surface area contributed by atoms with Gasteiger partial charge in [0.2, 0.25) is 12.7 Å². The molecule has 1 aliphatic rings. The zero-order chi connectivity index (χ0) is 13.7. The van der Waals surface area contributed by atoms with Crippen molar-refractivity contribution >= 4 is 22.5 Å². The van der Waals surface area contributed by atoms with Crippen molar-refractivity contribution in [2.45, 2.75) is 0 Å². The zero-order valence-corrected chi connectivity index (χ0v) is 10.4. The van der Waals surface area contributed by atoms with Crippen LogP contribution in [0.15, 0.2) is 35.0 Å². The van der Waals surface area contributed by atoms with Crippen LogP contribution in [-0.2, 0) is 0 Å². The number of hydrogen-bond donors (Lipinski definition) is 2. The summed E-state index contributed by atoms with van der Waals surface area (Å²) < 4.78 is 16.1. The number of rotatable bonds is 1. The third-order valence-electron chi connectivity index (χ3n) is 3.35. The Morgan fingerprint density at radius 2 is 1.90 bits per heavy atom. The summed E-state index contributed by atoms with van der Waals surface area (Å²) >= 11 is 0. The molecule has 2 aromatic heterocycles. The minimum Gasteiger partial charge on any atom is -0.454 e. The van der Waals surface area contributed by atoms with Gasteiger partial charge in [0.1, 0.15) is 5.69 Å². The van der Waals surface area contributed by atoms with Gasteiger partial charge in [0.05, 0.1) is 11.6 Å². The Hall–Kier alpha value is -2.89. The van der Waals surface area contributed by atoms with Gasteiger partial charge in [-0.15, -0.1) is 0 Å². The molecule has 0 amide bonds. The summed E-state index contributed by atoms with van der Waals surface area (Å²) in [6, 6.07) is 5.67. The quantitative estimate of drug-likeness (QED) is 0.704. The average Bonchev–Trinajstić information content (AvgIpc) is 3.03. The number of ether oxygens (including phenoxy) is 2. The van der Waals surface area contributed by atoms with E-state index in [1.165, 1.54) is 0 Å². The Bertz CT molecular complexity index is 826. The first kappa shape index (κ1) is 11.0. The molecule has 3 aromatic rings. The minimum absolute atomic E-state index is 0.204. The fourth-order valence-electron chi connectivity index (χ4n) is 2.38. The van der Waals surface area contributed by atoms with Gasteiger partial charge in [-0.25, -0.2) is 0 Å². The number of fused-ring (bicyclic) bond motifs is 2. The molecule has 0 aliphatic carbocycles. The van der Waals surface area contributed by atoms with Crippen molar-refractivity contribution in [3.63, 3.8) is 0 Å². The van der Waals surface area contributed by atoms with Crippen molar-refractivity contribution in [1.29, 1.82) is 0 Å². The van der Waals surface area contributed by atoms with E-state index in [4.69, 9.17) is 25.4 Å². The van der Waals surface area contributed by atoms with Crippen molar-refractivity contribution < 1.29 is 13.9 Å². The molecule has 0 atom stereocenters. The zero-order valence-electron chi connectivity index (χ0n) is 10.4. The number of aromatic nitrogens is 1. The van der Waals surface area contributed by atoms with E-state index >= 15 is 0 Å². The van der Waals surface area contributed by atoms with Crippen LogP contribution in [0.5, 0.6) is 11.5 Å². The van der Waals surface area contributed by atoms with E-state index < -0.39 is 0 Å². The monoisotopic (exact) mass is 269 g/mol. The maximum absolute atomic E-state index is 5.99. The van der Waals surface area contributed by atoms with Crippen LogP contribution in [0.2, 0.25) is 0 Å². The highest BCUT2D eigenvalue weighted by atomic mass is 16.7. The highest BCUT2D eigenvalue weighted by Gasteiger charge is 2.18. The van der Waals surface area contributed by atoms with Crippen molar-refractivity contribution in [3.05, 3.63) is 30.6 Å². The predicted octanol–water partition coefficient (Wildman–Crippen LogP) is 2.39. The highest BCUT2D eigenvalue weighted by Crippen LogP contribution is 2.41. The Kier molecular flexibility index (Phi) is 2.09. The number of nitrogens with zero attached hydrogens (tertiary/aromatic N) is 1. The second kappa shape index (κ2) is 3.80. The van der Waals surface area contributed by atoms with Gasteiger partial charge < -0.3 is 25.4 Å². The predicted molar refractivity (Wildman–Crippen MR) is 74.4 cm³/mol. The summed E-state index contributed by atoms with van der Waals surface area (Å²) in [6.07, 6.45) is 3.32. The Morgan fingerprint density at radius 1 is 1.05 bits per heavy atom. The number of hydrogen-bond acceptors (Lipinski definition) is 6. The molecule has 1 aliphatic heterocycles. The van der Waals surface area contributed by atoms with Crippen molar-refractivity contribution in [2.24, 2.45) is 0 Å². The molecule has 0 saturated heterocycles. The average molecular weight is 269 g/mol. The lowest BCUT2D eigenvalue weighted by Crippen LogP contribution is -1.93. The molecule has 20 heavy (non-hydrogen) atoms. The first-order valence-electron chi connectivity index (χ1n) is 6.05. The van der Waals surface area contributed by atoms with E-state index in [2.05, 4.69) is 4.98 Å². The van der Waals surface area contributed by atoms with Crippen LogP contribution in [-0.4, -0.2) is 11.8 Å². The molecular weight excluding hydrogens is 258 g/mol. The van der Waals surface area contributed by atoms with E-state index in [9.17, 15) is 0 Å². The van der Waals surface area contributed by atoms with Gasteiger partial charge >= 0.3 is 0 Å². The summed E-state index contributed by atoms with van der Waals surface area (Å²) in [7, 11) is 0. The van der Waals surface area contributed by atoms with Gasteiger partial charge in [-0.3, -0.25) is 4.98 Å². The summed E-state index contributed by atoms with van der Waals surface area (Å²) in [5, 5.41) is 0.761. The molecule has 0 bridgehead atoms. The van der Waals surface area contributed by atoms with E-state index in [0.29, 0.717) is 17.0 Å². The first-order valence-corrected chi connectivity index (χ1v) is 6.05. The van der Waals surface area contributed by atoms with Gasteiger partial charge in [-0.05, 0) is 17.7 Å². The SMILES string of the molecule is Nc1oc2cncc(-c3ccc4c(c3)OCO4)c2c1N. The molecule has 6 nitrogen and oxygen atoms in total. The van der Waals surface area contributed by atoms with Gasteiger partial charge in [0.15, 0.2) is 17.1 Å². The number of pyridine rings is 1. The Labute approximate surface area is 113 Å². The molecule has 6 heteroatoms. The van der Waals surface area contributed by atoms with Crippen LogP contribution in [0.4, 0.5) is 11.6 Å². The smallest absolute Gasteiger partial charge is 0.231 e. The third-order valence-corrected chi connectivity index (χ3v) is 3.35. The lowest BCUT2D eigenvalue weighted by atomic mass is 10.0. The normalized spacial score (nSPS) is 13.0. The van der Waals surface area contributed by atoms with Crippen LogP contribution in [0.1, 0.15) is 0 Å². The van der Waals surface area contributed by atoms with Gasteiger partial charge in [0, 0.05) is 11.8 Å². The molecule has 4 rings (SSSR count). The standard InChI is InChI=1S/C14H11N3O3/c15-13-12-8(4-17-5-11(12)20-14(13)16)7-1-2-9-10(3-7)19-6-18-9/h1-5H,6,15-16H2. The molecule has 0 unspecified atom stereocenters. The number of furan rings is 1. The fraction of sp³-hybridized carbons (Fsp3) is 0.0714. The van der Waals surface area contributed by atoms with Crippen molar-refractivity contribution in [2.75, 3.05) is 18.3 Å². The van der Waals surface area contributed by atoms with Crippen LogP contribution in [0.3, 0.4) is 0 Å². The Balaban J connectivity index is 1.98. The maximum atomic E-state index is 5.99. The van der Waals surface area contributed by atoms with Gasteiger partial charge in [-0.2, -0.15) is 0 Å². The molecule has 0 radical (unpaired) electrons. The molecule has 0 fully saturated rings. The first-order chi connectivity index (χ1) is 9.74. The largest absolute Gasteiger partial charge is 0.454 e. The summed E-state index contributed by atoms with van der Waals surface area (Å²) in [5.74, 6) is 1.64. The molecule has 4 N–H and O–H groups in total. The maximum Gasteiger partial charge on any atom is 0.231 e. The van der Waals surface area contributed by atoms with E-state index in [-0.39, 0.29) is 12.7 Å². The second-order valence-corrected chi connectivity index (χ2v) is 4.51. The van der Waals surface area contributed by atoms with Crippen LogP contribution >= 0.6 is 0 Å². The van der Waals surface area contributed by atoms with Crippen LogP contribution in [0, 0.1) is 0 Å². The number of anilines is 2. The second-order valence-electron chi connectivity index (χ2n) is 4.51. The van der Waals surface area contributed by atoms with Gasteiger partial charge in [0.25, 0.3) is 0 Å². The van der Waals surface area contributed by atoms with Crippen LogP contribution in [0.25, 0.3) is 22.1 Å². The van der Waals surface area contributed by atoms with E-state index in [0.717, 1.165) is 22.3 Å². The molecule has 0 saturated carbocycles. The topological polar surface area (TPSA) is 96.5 Å².